The van der Waals surface area contributed by atoms with E-state index in [0.29, 0.717) is 35.1 Å². The Kier molecular flexibility index (Phi) is 4.66. The van der Waals surface area contributed by atoms with Gasteiger partial charge < -0.3 is 19.4 Å². The molecule has 0 spiro atoms. The van der Waals surface area contributed by atoms with Crippen LogP contribution in [0.25, 0.3) is 0 Å². The third-order valence-corrected chi connectivity index (χ3v) is 5.27. The van der Waals surface area contributed by atoms with Crippen molar-refractivity contribution in [1.82, 2.24) is 4.90 Å². The van der Waals surface area contributed by atoms with Gasteiger partial charge in [-0.15, -0.1) is 0 Å². The van der Waals surface area contributed by atoms with E-state index in [9.17, 15) is 9.59 Å². The maximum atomic E-state index is 12.9. The number of ether oxygens (including phenoxy) is 1. The highest BCUT2D eigenvalue weighted by Gasteiger charge is 2.26. The minimum Gasteiger partial charge on any atom is -0.482 e. The molecule has 7 heteroatoms. The van der Waals surface area contributed by atoms with Gasteiger partial charge >= 0.3 is 0 Å². The van der Waals surface area contributed by atoms with Gasteiger partial charge in [0, 0.05) is 49.5 Å². The lowest BCUT2D eigenvalue weighted by Crippen LogP contribution is -2.48. The van der Waals surface area contributed by atoms with Crippen molar-refractivity contribution in [2.45, 2.75) is 0 Å². The smallest absolute Gasteiger partial charge is 0.264 e. The van der Waals surface area contributed by atoms with Gasteiger partial charge in [-0.25, -0.2) is 0 Å². The second kappa shape index (κ2) is 7.12. The predicted molar refractivity (Wildman–Crippen MR) is 105 cm³/mol. The first kappa shape index (κ1) is 17.7. The molecule has 0 saturated carbocycles. The van der Waals surface area contributed by atoms with Crippen LogP contribution in [0.1, 0.15) is 10.4 Å². The van der Waals surface area contributed by atoms with Crippen LogP contribution in [0.3, 0.4) is 0 Å². The van der Waals surface area contributed by atoms with E-state index in [0.717, 1.165) is 18.8 Å². The van der Waals surface area contributed by atoms with Crippen molar-refractivity contribution in [1.29, 1.82) is 0 Å². The molecule has 0 N–H and O–H groups in total. The fourth-order valence-corrected chi connectivity index (χ4v) is 3.61. The first-order chi connectivity index (χ1) is 13.0. The fraction of sp³-hybridized carbons (Fsp3) is 0.300. The molecule has 27 heavy (non-hydrogen) atoms. The summed E-state index contributed by atoms with van der Waals surface area (Å²) in [5.41, 5.74) is 2.27. The van der Waals surface area contributed by atoms with Gasteiger partial charge in [0.2, 0.25) is 0 Å². The average molecular weight is 386 g/mol. The monoisotopic (exact) mass is 385 g/mol. The number of nitrogens with zero attached hydrogens (tertiary/aromatic N) is 3. The number of fused-ring (bicyclic) bond motifs is 1. The Morgan fingerprint density at radius 2 is 1.85 bits per heavy atom. The number of hydrogen-bond acceptors (Lipinski definition) is 4. The topological polar surface area (TPSA) is 53.1 Å². The number of likely N-dealkylation sites (N-methyl/N-ethyl adjacent to an activating group) is 1. The van der Waals surface area contributed by atoms with Crippen molar-refractivity contribution in [3.63, 3.8) is 0 Å². The van der Waals surface area contributed by atoms with Crippen molar-refractivity contribution in [3.05, 3.63) is 53.1 Å². The molecule has 0 aliphatic carbocycles. The van der Waals surface area contributed by atoms with Crippen LogP contribution in [-0.2, 0) is 4.79 Å². The summed E-state index contributed by atoms with van der Waals surface area (Å²) in [5.74, 6) is 0.469. The summed E-state index contributed by atoms with van der Waals surface area (Å²) in [6.07, 6.45) is 0. The van der Waals surface area contributed by atoms with Gasteiger partial charge in [-0.3, -0.25) is 9.59 Å². The molecule has 2 aromatic carbocycles. The Balaban J connectivity index is 1.46. The first-order valence-corrected chi connectivity index (χ1v) is 9.24. The molecule has 140 valence electrons. The number of benzene rings is 2. The zero-order valence-electron chi connectivity index (χ0n) is 15.0. The van der Waals surface area contributed by atoms with E-state index in [1.54, 1.807) is 25.2 Å². The Morgan fingerprint density at radius 1 is 1.07 bits per heavy atom. The van der Waals surface area contributed by atoms with Crippen LogP contribution in [-0.4, -0.2) is 56.5 Å². The summed E-state index contributed by atoms with van der Waals surface area (Å²) in [5, 5.41) is 0.709. The number of piperazine rings is 1. The van der Waals surface area contributed by atoms with Gasteiger partial charge in [0.15, 0.2) is 6.61 Å². The Hall–Kier alpha value is -2.73. The van der Waals surface area contributed by atoms with Crippen molar-refractivity contribution >= 4 is 34.8 Å². The van der Waals surface area contributed by atoms with Crippen LogP contribution in [0.15, 0.2) is 42.5 Å². The number of anilines is 2. The number of halogens is 1. The third-order valence-electron chi connectivity index (χ3n) is 5.03. The van der Waals surface area contributed by atoms with E-state index in [2.05, 4.69) is 4.90 Å². The summed E-state index contributed by atoms with van der Waals surface area (Å²) < 4.78 is 5.43. The number of amides is 2. The van der Waals surface area contributed by atoms with Gasteiger partial charge in [0.1, 0.15) is 5.75 Å². The second-order valence-electron chi connectivity index (χ2n) is 6.68. The SMILES string of the molecule is CN1C(=O)COc2ccc(C(=O)N3CCN(c4cccc(Cl)c4)CC3)cc21. The molecule has 2 amide bonds. The van der Waals surface area contributed by atoms with Gasteiger partial charge in [-0.1, -0.05) is 17.7 Å². The lowest BCUT2D eigenvalue weighted by molar-refractivity contribution is -0.120. The third kappa shape index (κ3) is 3.45. The zero-order valence-corrected chi connectivity index (χ0v) is 15.8. The molecular formula is C20H20ClN3O3. The lowest BCUT2D eigenvalue weighted by Gasteiger charge is -2.36. The molecule has 0 bridgehead atoms. The van der Waals surface area contributed by atoms with Crippen molar-refractivity contribution < 1.29 is 14.3 Å². The van der Waals surface area contributed by atoms with Gasteiger partial charge in [-0.05, 0) is 36.4 Å². The first-order valence-electron chi connectivity index (χ1n) is 8.86. The molecule has 2 aliphatic rings. The summed E-state index contributed by atoms with van der Waals surface area (Å²) >= 11 is 6.07. The van der Waals surface area contributed by atoms with E-state index in [1.807, 2.05) is 29.2 Å². The minimum atomic E-state index is -0.123. The molecule has 1 fully saturated rings. The number of hydrogen-bond donors (Lipinski definition) is 0. The maximum absolute atomic E-state index is 12.9. The van der Waals surface area contributed by atoms with Crippen LogP contribution >= 0.6 is 11.6 Å². The standard InChI is InChI=1S/C20H20ClN3O3/c1-22-17-11-14(5-6-18(17)27-13-19(22)25)20(26)24-9-7-23(8-10-24)16-4-2-3-15(21)12-16/h2-6,11-12H,7-10,13H2,1H3. The summed E-state index contributed by atoms with van der Waals surface area (Å²) in [4.78, 5) is 30.3. The van der Waals surface area contributed by atoms with Crippen LogP contribution in [0.5, 0.6) is 5.75 Å². The molecule has 0 unspecified atom stereocenters. The highest BCUT2D eigenvalue weighted by molar-refractivity contribution is 6.30. The number of rotatable bonds is 2. The van der Waals surface area contributed by atoms with Crippen molar-refractivity contribution in [2.75, 3.05) is 49.6 Å². The van der Waals surface area contributed by atoms with Crippen LogP contribution in [0, 0.1) is 0 Å². The largest absolute Gasteiger partial charge is 0.482 e. The van der Waals surface area contributed by atoms with Crippen LogP contribution in [0.2, 0.25) is 5.02 Å². The molecule has 2 heterocycles. The van der Waals surface area contributed by atoms with Gasteiger partial charge in [0.05, 0.1) is 5.69 Å². The number of carbonyl (C=O) groups excluding carboxylic acids is 2. The molecule has 2 aromatic rings. The molecule has 2 aliphatic heterocycles. The highest BCUT2D eigenvalue weighted by atomic mass is 35.5. The molecule has 4 rings (SSSR count). The predicted octanol–water partition coefficient (Wildman–Crippen LogP) is 2.66. The van der Waals surface area contributed by atoms with Gasteiger partial charge in [-0.2, -0.15) is 0 Å². The Labute approximate surface area is 162 Å². The lowest BCUT2D eigenvalue weighted by atomic mass is 10.1. The van der Waals surface area contributed by atoms with Crippen LogP contribution in [0.4, 0.5) is 11.4 Å². The normalized spacial score (nSPS) is 16.8. The quantitative estimate of drug-likeness (QED) is 0.797. The maximum Gasteiger partial charge on any atom is 0.264 e. The van der Waals surface area contributed by atoms with Crippen molar-refractivity contribution in [2.24, 2.45) is 0 Å². The van der Waals surface area contributed by atoms with Gasteiger partial charge in [0.25, 0.3) is 11.8 Å². The molecule has 0 atom stereocenters. The van der Waals surface area contributed by atoms with E-state index in [-0.39, 0.29) is 18.4 Å². The Bertz CT molecular complexity index is 894. The molecule has 0 aromatic heterocycles. The minimum absolute atomic E-state index is 0.0300. The van der Waals surface area contributed by atoms with E-state index in [1.165, 1.54) is 4.90 Å². The molecule has 0 radical (unpaired) electrons. The zero-order chi connectivity index (χ0) is 19.0. The van der Waals surface area contributed by atoms with Crippen LogP contribution < -0.4 is 14.5 Å². The van der Waals surface area contributed by atoms with Crippen molar-refractivity contribution in [3.8, 4) is 5.75 Å². The summed E-state index contributed by atoms with van der Waals surface area (Å²) in [7, 11) is 1.70. The number of carbonyl (C=O) groups is 2. The second-order valence-corrected chi connectivity index (χ2v) is 7.12. The highest BCUT2D eigenvalue weighted by Crippen LogP contribution is 2.32. The molecule has 1 saturated heterocycles. The molecule has 6 nitrogen and oxygen atoms in total. The summed E-state index contributed by atoms with van der Waals surface area (Å²) in [6, 6.07) is 13.0. The molecular weight excluding hydrogens is 366 g/mol. The fourth-order valence-electron chi connectivity index (χ4n) is 3.43. The van der Waals surface area contributed by atoms with E-state index in [4.69, 9.17) is 16.3 Å². The Morgan fingerprint density at radius 3 is 2.59 bits per heavy atom. The van der Waals surface area contributed by atoms with E-state index >= 15 is 0 Å². The van der Waals surface area contributed by atoms with E-state index < -0.39 is 0 Å². The average Bonchev–Trinajstić information content (AvgIpc) is 2.70. The summed E-state index contributed by atoms with van der Waals surface area (Å²) in [6.45, 7) is 2.79.